The first-order valence-corrected chi connectivity index (χ1v) is 11.1. The van der Waals surface area contributed by atoms with E-state index >= 15 is 0 Å². The second-order valence-corrected chi connectivity index (χ2v) is 9.10. The van der Waals surface area contributed by atoms with Crippen molar-refractivity contribution >= 4 is 21.6 Å². The Morgan fingerprint density at radius 2 is 1.66 bits per heavy atom. The summed E-state index contributed by atoms with van der Waals surface area (Å²) < 4.78 is 31.9. The molecule has 12 heteroatoms. The minimum atomic E-state index is -3.80. The number of non-ortho nitro benzene ring substituents is 1. The number of benzene rings is 2. The van der Waals surface area contributed by atoms with Crippen molar-refractivity contribution in [3.63, 3.8) is 0 Å². The number of carbonyl (C=O) groups is 1. The van der Waals surface area contributed by atoms with Crippen LogP contribution >= 0.6 is 0 Å². The number of hydrogen-bond donors (Lipinski definition) is 0. The van der Waals surface area contributed by atoms with Gasteiger partial charge in [-0.3, -0.25) is 14.9 Å². The summed E-state index contributed by atoms with van der Waals surface area (Å²) >= 11 is 0. The Labute approximate surface area is 183 Å². The molecule has 2 aromatic carbocycles. The first kappa shape index (κ1) is 21.6. The van der Waals surface area contributed by atoms with Crippen LogP contribution in [0, 0.1) is 17.0 Å². The van der Waals surface area contributed by atoms with Crippen LogP contribution < -0.4 is 0 Å². The highest BCUT2D eigenvalue weighted by Crippen LogP contribution is 2.22. The molecule has 0 aliphatic carbocycles. The molecule has 1 fully saturated rings. The quantitative estimate of drug-likeness (QED) is 0.419. The van der Waals surface area contributed by atoms with Crippen molar-refractivity contribution in [3.05, 3.63) is 70.1 Å². The lowest BCUT2D eigenvalue weighted by molar-refractivity contribution is -0.384. The number of rotatable bonds is 5. The first-order valence-electron chi connectivity index (χ1n) is 9.70. The highest BCUT2D eigenvalue weighted by molar-refractivity contribution is 7.89. The van der Waals surface area contributed by atoms with Gasteiger partial charge < -0.3 is 9.42 Å². The maximum atomic E-state index is 12.8. The van der Waals surface area contributed by atoms with E-state index in [4.69, 9.17) is 4.52 Å². The average molecular weight is 457 g/mol. The Balaban J connectivity index is 1.40. The van der Waals surface area contributed by atoms with Gasteiger partial charge in [0, 0.05) is 56.4 Å². The lowest BCUT2D eigenvalue weighted by Crippen LogP contribution is -2.50. The molecular formula is C20H19N5O6S. The molecule has 3 aromatic rings. The van der Waals surface area contributed by atoms with E-state index in [9.17, 15) is 23.3 Å². The standard InChI is InChI=1S/C20H19N5O6S/c1-14-21-19(22-31-14)15-2-4-16(5-3-15)20(26)23-10-12-24(13-11-23)32(29,30)18-8-6-17(7-9-18)25(27)28/h2-9H,10-13H2,1H3. The van der Waals surface area contributed by atoms with Crippen molar-refractivity contribution in [3.8, 4) is 11.4 Å². The molecule has 0 saturated carbocycles. The number of nitro benzene ring substituents is 1. The smallest absolute Gasteiger partial charge is 0.269 e. The predicted octanol–water partition coefficient (Wildman–Crippen LogP) is 2.10. The molecular weight excluding hydrogens is 438 g/mol. The third-order valence-electron chi connectivity index (χ3n) is 5.13. The van der Waals surface area contributed by atoms with Gasteiger partial charge in [0.05, 0.1) is 9.82 Å². The molecule has 1 aliphatic heterocycles. The first-order chi connectivity index (χ1) is 15.3. The third-order valence-corrected chi connectivity index (χ3v) is 7.04. The molecule has 2 heterocycles. The third kappa shape index (κ3) is 4.22. The Bertz CT molecular complexity index is 1250. The maximum Gasteiger partial charge on any atom is 0.269 e. The summed E-state index contributed by atoms with van der Waals surface area (Å²) in [4.78, 5) is 28.7. The number of aromatic nitrogens is 2. The number of carbonyl (C=O) groups excluding carboxylic acids is 1. The summed E-state index contributed by atoms with van der Waals surface area (Å²) in [5.41, 5.74) is 1.01. The van der Waals surface area contributed by atoms with E-state index < -0.39 is 14.9 Å². The van der Waals surface area contributed by atoms with Crippen molar-refractivity contribution in [1.82, 2.24) is 19.3 Å². The number of nitrogens with zero attached hydrogens (tertiary/aromatic N) is 5. The Hall–Kier alpha value is -3.64. The van der Waals surface area contributed by atoms with Gasteiger partial charge in [0.25, 0.3) is 11.6 Å². The molecule has 4 rings (SSSR count). The fourth-order valence-electron chi connectivity index (χ4n) is 3.38. The molecule has 0 atom stereocenters. The van der Waals surface area contributed by atoms with Gasteiger partial charge in [0.15, 0.2) is 0 Å². The van der Waals surface area contributed by atoms with Crippen LogP contribution in [-0.4, -0.2) is 64.8 Å². The zero-order chi connectivity index (χ0) is 22.9. The molecule has 0 bridgehead atoms. The minimum Gasteiger partial charge on any atom is -0.339 e. The van der Waals surface area contributed by atoms with Crippen LogP contribution in [0.5, 0.6) is 0 Å². The van der Waals surface area contributed by atoms with Gasteiger partial charge in [0.1, 0.15) is 0 Å². The molecule has 1 aromatic heterocycles. The van der Waals surface area contributed by atoms with Crippen LogP contribution in [0.4, 0.5) is 5.69 Å². The monoisotopic (exact) mass is 457 g/mol. The zero-order valence-electron chi connectivity index (χ0n) is 17.0. The summed E-state index contributed by atoms with van der Waals surface area (Å²) in [6, 6.07) is 11.6. The number of aryl methyl sites for hydroxylation is 1. The Morgan fingerprint density at radius 3 is 2.19 bits per heavy atom. The van der Waals surface area contributed by atoms with Gasteiger partial charge in [-0.05, 0) is 24.3 Å². The summed E-state index contributed by atoms with van der Waals surface area (Å²) in [5.74, 6) is 0.682. The molecule has 166 valence electrons. The normalized spacial score (nSPS) is 15.0. The van der Waals surface area contributed by atoms with Gasteiger partial charge in [-0.1, -0.05) is 17.3 Å². The Morgan fingerprint density at radius 1 is 1.03 bits per heavy atom. The average Bonchev–Trinajstić information content (AvgIpc) is 3.25. The highest BCUT2D eigenvalue weighted by atomic mass is 32.2. The lowest BCUT2D eigenvalue weighted by Gasteiger charge is -2.34. The summed E-state index contributed by atoms with van der Waals surface area (Å²) in [5, 5.41) is 14.6. The second kappa shape index (κ2) is 8.48. The van der Waals surface area contributed by atoms with Crippen LogP contribution in [0.25, 0.3) is 11.4 Å². The largest absolute Gasteiger partial charge is 0.339 e. The second-order valence-electron chi connectivity index (χ2n) is 7.16. The van der Waals surface area contributed by atoms with E-state index in [0.717, 1.165) is 17.7 Å². The van der Waals surface area contributed by atoms with Gasteiger partial charge in [0.2, 0.25) is 21.7 Å². The highest BCUT2D eigenvalue weighted by Gasteiger charge is 2.30. The fourth-order valence-corrected chi connectivity index (χ4v) is 4.80. The van der Waals surface area contributed by atoms with Crippen molar-refractivity contribution in [2.24, 2.45) is 0 Å². The van der Waals surface area contributed by atoms with Gasteiger partial charge >= 0.3 is 0 Å². The van der Waals surface area contributed by atoms with E-state index in [1.807, 2.05) is 0 Å². The number of nitro groups is 1. The fraction of sp³-hybridized carbons (Fsp3) is 0.250. The summed E-state index contributed by atoms with van der Waals surface area (Å²) in [6.07, 6.45) is 0. The lowest BCUT2D eigenvalue weighted by atomic mass is 10.1. The number of amides is 1. The van der Waals surface area contributed by atoms with Gasteiger partial charge in [-0.2, -0.15) is 9.29 Å². The van der Waals surface area contributed by atoms with Crippen LogP contribution in [0.1, 0.15) is 16.2 Å². The number of hydrogen-bond acceptors (Lipinski definition) is 8. The van der Waals surface area contributed by atoms with Crippen molar-refractivity contribution < 1.29 is 22.7 Å². The summed E-state index contributed by atoms with van der Waals surface area (Å²) in [7, 11) is -3.80. The zero-order valence-corrected chi connectivity index (χ0v) is 17.9. The molecule has 1 amide bonds. The molecule has 11 nitrogen and oxygen atoms in total. The number of piperazine rings is 1. The van der Waals surface area contributed by atoms with E-state index in [1.54, 1.807) is 36.1 Å². The molecule has 0 N–H and O–H groups in total. The van der Waals surface area contributed by atoms with Crippen LogP contribution in [0.15, 0.2) is 57.9 Å². The topological polar surface area (TPSA) is 140 Å². The minimum absolute atomic E-state index is 0.0184. The van der Waals surface area contributed by atoms with Gasteiger partial charge in [-0.25, -0.2) is 8.42 Å². The maximum absolute atomic E-state index is 12.8. The van der Waals surface area contributed by atoms with Crippen LogP contribution in [0.3, 0.4) is 0 Å². The van der Waals surface area contributed by atoms with Gasteiger partial charge in [-0.15, -0.1) is 0 Å². The predicted molar refractivity (Wildman–Crippen MR) is 112 cm³/mol. The van der Waals surface area contributed by atoms with E-state index in [1.165, 1.54) is 16.4 Å². The molecule has 1 aliphatic rings. The molecule has 32 heavy (non-hydrogen) atoms. The van der Waals surface area contributed by atoms with E-state index in [-0.39, 0.29) is 42.7 Å². The van der Waals surface area contributed by atoms with Crippen molar-refractivity contribution in [2.45, 2.75) is 11.8 Å². The number of sulfonamides is 1. The molecule has 0 unspecified atom stereocenters. The van der Waals surface area contributed by atoms with Crippen molar-refractivity contribution in [2.75, 3.05) is 26.2 Å². The summed E-state index contributed by atoms with van der Waals surface area (Å²) in [6.45, 7) is 2.42. The van der Waals surface area contributed by atoms with E-state index in [2.05, 4.69) is 10.1 Å². The molecule has 1 saturated heterocycles. The van der Waals surface area contributed by atoms with Crippen molar-refractivity contribution in [1.29, 1.82) is 0 Å². The molecule has 0 spiro atoms. The van der Waals surface area contributed by atoms with Crippen LogP contribution in [0.2, 0.25) is 0 Å². The molecule has 0 radical (unpaired) electrons. The SMILES string of the molecule is Cc1nc(-c2ccc(C(=O)N3CCN(S(=O)(=O)c4ccc([N+](=O)[O-])cc4)CC3)cc2)no1. The van der Waals surface area contributed by atoms with Crippen LogP contribution in [-0.2, 0) is 10.0 Å². The van der Waals surface area contributed by atoms with E-state index in [0.29, 0.717) is 17.3 Å². The Kier molecular flexibility index (Phi) is 5.72.